The lowest BCUT2D eigenvalue weighted by Crippen LogP contribution is -2.37. The van der Waals surface area contributed by atoms with Crippen molar-refractivity contribution < 1.29 is 37.3 Å². The lowest BCUT2D eigenvalue weighted by atomic mass is 10.0. The molecule has 0 radical (unpaired) electrons. The number of nitrogens with zero attached hydrogens (tertiary/aromatic N) is 1. The van der Waals surface area contributed by atoms with Crippen LogP contribution in [-0.4, -0.2) is 64.1 Å². The van der Waals surface area contributed by atoms with Gasteiger partial charge in [0.15, 0.2) is 6.10 Å². The number of phosphoric ester groups is 1. The second-order valence-electron chi connectivity index (χ2n) is 17.6. The van der Waals surface area contributed by atoms with Crippen molar-refractivity contribution in [3.8, 4) is 0 Å². The van der Waals surface area contributed by atoms with Crippen LogP contribution in [0.15, 0.2) is 12.3 Å². The molecule has 0 aliphatic rings. The van der Waals surface area contributed by atoms with E-state index in [9.17, 15) is 14.3 Å². The summed E-state index contributed by atoms with van der Waals surface area (Å²) in [5.41, 5.74) is 0. The molecule has 0 aromatic rings. The Balaban J connectivity index is 4.19. The first-order valence-corrected chi connectivity index (χ1v) is 25.4. The zero-order chi connectivity index (χ0) is 41.3. The largest absolute Gasteiger partial charge is 0.756 e. The number of esters is 1. The van der Waals surface area contributed by atoms with Gasteiger partial charge >= 0.3 is 5.97 Å². The van der Waals surface area contributed by atoms with Crippen LogP contribution in [0.25, 0.3) is 0 Å². The highest BCUT2D eigenvalue weighted by Crippen LogP contribution is 2.38. The molecule has 0 heterocycles. The summed E-state index contributed by atoms with van der Waals surface area (Å²) in [4.78, 5) is 25.1. The number of ether oxygens (including phenoxy) is 2. The number of hydrogen-bond acceptors (Lipinski definition) is 7. The van der Waals surface area contributed by atoms with E-state index in [1.807, 2.05) is 27.2 Å². The first kappa shape index (κ1) is 55.1. The lowest BCUT2D eigenvalue weighted by Gasteiger charge is -2.28. The molecule has 0 aliphatic heterocycles. The van der Waals surface area contributed by atoms with Gasteiger partial charge in [-0.1, -0.05) is 206 Å². The molecule has 0 saturated heterocycles. The number of allylic oxidation sites excluding steroid dienone is 1. The fourth-order valence-electron chi connectivity index (χ4n) is 6.93. The maximum Gasteiger partial charge on any atom is 0.306 e. The normalized spacial score (nSPS) is 13.7. The molecule has 0 amide bonds. The topological polar surface area (TPSA) is 94.1 Å². The summed E-state index contributed by atoms with van der Waals surface area (Å²) in [6.45, 7) is 4.78. The Morgan fingerprint density at radius 2 is 0.929 bits per heavy atom. The van der Waals surface area contributed by atoms with Gasteiger partial charge in [-0.05, 0) is 25.3 Å². The fourth-order valence-corrected chi connectivity index (χ4v) is 7.65. The van der Waals surface area contributed by atoms with Gasteiger partial charge in [0.05, 0.1) is 34.0 Å². The molecule has 0 aliphatic carbocycles. The molecule has 0 bridgehead atoms. The van der Waals surface area contributed by atoms with Crippen LogP contribution in [0.4, 0.5) is 0 Å². The van der Waals surface area contributed by atoms with Crippen LogP contribution in [0.3, 0.4) is 0 Å². The molecule has 0 aromatic carbocycles. The standard InChI is InChI=1S/C47H94NO7P/c1-6-8-10-12-14-16-18-20-22-24-25-27-29-31-33-35-37-39-42-52-44-46(45-54-56(50,51)53-43-41-48(3,4)5)55-47(49)40-38-36-34-32-30-28-26-23-21-19-17-15-13-11-9-7-2/h39,42,46H,6-38,40-41,43-45H2,1-5H3/b42-39+/t46-/m1/s1. The second kappa shape index (κ2) is 40.8. The summed E-state index contributed by atoms with van der Waals surface area (Å²) < 4.78 is 34.4. The Morgan fingerprint density at radius 3 is 1.32 bits per heavy atom. The van der Waals surface area contributed by atoms with Gasteiger partial charge in [0.2, 0.25) is 0 Å². The smallest absolute Gasteiger partial charge is 0.306 e. The van der Waals surface area contributed by atoms with Crippen LogP contribution in [0.5, 0.6) is 0 Å². The first-order chi connectivity index (χ1) is 27.1. The van der Waals surface area contributed by atoms with E-state index in [0.717, 1.165) is 32.1 Å². The Hall–Kier alpha value is -0.920. The molecule has 0 fully saturated rings. The molecular formula is C47H94NO7P. The number of carbonyl (C=O) groups is 1. The molecule has 1 unspecified atom stereocenters. The highest BCUT2D eigenvalue weighted by Gasteiger charge is 2.20. The molecule has 0 aromatic heterocycles. The minimum absolute atomic E-state index is 0.0204. The van der Waals surface area contributed by atoms with Gasteiger partial charge in [0.25, 0.3) is 7.82 Å². The van der Waals surface area contributed by atoms with Crippen LogP contribution in [0, 0.1) is 0 Å². The van der Waals surface area contributed by atoms with E-state index in [1.165, 1.54) is 180 Å². The van der Waals surface area contributed by atoms with Crippen molar-refractivity contribution in [2.45, 2.75) is 238 Å². The minimum atomic E-state index is -4.54. The third-order valence-electron chi connectivity index (χ3n) is 10.7. The van der Waals surface area contributed by atoms with Gasteiger partial charge in [-0.3, -0.25) is 9.36 Å². The van der Waals surface area contributed by atoms with Crippen molar-refractivity contribution in [3.05, 3.63) is 12.3 Å². The molecule has 0 rings (SSSR count). The molecule has 56 heavy (non-hydrogen) atoms. The predicted molar refractivity (Wildman–Crippen MR) is 236 cm³/mol. The van der Waals surface area contributed by atoms with Gasteiger partial charge in [0, 0.05) is 6.42 Å². The van der Waals surface area contributed by atoms with Crippen LogP contribution in [-0.2, 0) is 27.9 Å². The van der Waals surface area contributed by atoms with Gasteiger partial charge < -0.3 is 27.9 Å². The molecule has 0 spiro atoms. The quantitative estimate of drug-likeness (QED) is 0.0199. The van der Waals surface area contributed by atoms with Crippen LogP contribution in [0.2, 0.25) is 0 Å². The summed E-state index contributed by atoms with van der Waals surface area (Å²) in [6, 6.07) is 0. The van der Waals surface area contributed by atoms with Crippen LogP contribution >= 0.6 is 7.82 Å². The molecule has 0 saturated carbocycles. The first-order valence-electron chi connectivity index (χ1n) is 24.0. The number of rotatable bonds is 45. The van der Waals surface area contributed by atoms with E-state index in [2.05, 4.69) is 13.8 Å². The van der Waals surface area contributed by atoms with Crippen LogP contribution in [0.1, 0.15) is 232 Å². The highest BCUT2D eigenvalue weighted by atomic mass is 31.2. The summed E-state index contributed by atoms with van der Waals surface area (Å²) in [5.74, 6) is -0.351. The third kappa shape index (κ3) is 44.2. The van der Waals surface area contributed by atoms with E-state index in [1.54, 1.807) is 6.26 Å². The molecule has 9 heteroatoms. The number of carbonyl (C=O) groups excluding carboxylic acids is 1. The number of hydrogen-bond donors (Lipinski definition) is 0. The second-order valence-corrected chi connectivity index (χ2v) is 19.0. The van der Waals surface area contributed by atoms with Crippen molar-refractivity contribution in [2.24, 2.45) is 0 Å². The molecule has 8 nitrogen and oxygen atoms in total. The van der Waals surface area contributed by atoms with Gasteiger partial charge in [0.1, 0.15) is 19.8 Å². The molecule has 2 atom stereocenters. The zero-order valence-electron chi connectivity index (χ0n) is 37.9. The fraction of sp³-hybridized carbons (Fsp3) is 0.936. The van der Waals surface area contributed by atoms with Crippen molar-refractivity contribution in [1.29, 1.82) is 0 Å². The Morgan fingerprint density at radius 1 is 0.554 bits per heavy atom. The SMILES string of the molecule is CCCCCCCCCCCCCCCCCC/C=C/OC[C@H](COP(=O)([O-])OCC[N+](C)(C)C)OC(=O)CCCCCCCCCCCCCCCCCC. The number of phosphoric acid groups is 1. The molecule has 334 valence electrons. The van der Waals surface area contributed by atoms with E-state index >= 15 is 0 Å². The lowest BCUT2D eigenvalue weighted by molar-refractivity contribution is -0.870. The van der Waals surface area contributed by atoms with Crippen molar-refractivity contribution >= 4 is 13.8 Å². The van der Waals surface area contributed by atoms with Gasteiger partial charge in [-0.15, -0.1) is 0 Å². The van der Waals surface area contributed by atoms with E-state index in [-0.39, 0.29) is 25.8 Å². The summed E-state index contributed by atoms with van der Waals surface area (Å²) in [6.07, 6.45) is 46.0. The zero-order valence-corrected chi connectivity index (χ0v) is 38.7. The average molecular weight is 816 g/mol. The summed E-state index contributed by atoms with van der Waals surface area (Å²) >= 11 is 0. The number of quaternary nitrogens is 1. The third-order valence-corrected chi connectivity index (χ3v) is 11.6. The van der Waals surface area contributed by atoms with E-state index in [4.69, 9.17) is 18.5 Å². The molecule has 0 N–H and O–H groups in total. The van der Waals surface area contributed by atoms with Crippen molar-refractivity contribution in [1.82, 2.24) is 0 Å². The Labute approximate surface area is 348 Å². The minimum Gasteiger partial charge on any atom is -0.756 e. The van der Waals surface area contributed by atoms with Crippen molar-refractivity contribution in [2.75, 3.05) is 47.5 Å². The maximum atomic E-state index is 12.7. The molecular weight excluding hydrogens is 721 g/mol. The predicted octanol–water partition coefficient (Wildman–Crippen LogP) is 13.9. The van der Waals surface area contributed by atoms with E-state index < -0.39 is 13.9 Å². The maximum absolute atomic E-state index is 12.7. The van der Waals surface area contributed by atoms with Gasteiger partial charge in [-0.2, -0.15) is 0 Å². The Kier molecular flexibility index (Phi) is 40.2. The van der Waals surface area contributed by atoms with Crippen LogP contribution < -0.4 is 4.89 Å². The highest BCUT2D eigenvalue weighted by molar-refractivity contribution is 7.45. The van der Waals surface area contributed by atoms with Gasteiger partial charge in [-0.25, -0.2) is 0 Å². The summed E-state index contributed by atoms with van der Waals surface area (Å²) in [7, 11) is 1.34. The summed E-state index contributed by atoms with van der Waals surface area (Å²) in [5, 5.41) is 0. The van der Waals surface area contributed by atoms with Crippen molar-refractivity contribution in [3.63, 3.8) is 0 Å². The number of unbranched alkanes of at least 4 members (excludes halogenated alkanes) is 31. The average Bonchev–Trinajstić information content (AvgIpc) is 3.15. The Bertz CT molecular complexity index is 909. The monoisotopic (exact) mass is 816 g/mol. The van der Waals surface area contributed by atoms with E-state index in [0.29, 0.717) is 17.4 Å². The number of likely N-dealkylation sites (N-methyl/N-ethyl adjacent to an activating group) is 1.